The van der Waals surface area contributed by atoms with Crippen LogP contribution in [0.4, 0.5) is 0 Å². The molecule has 1 unspecified atom stereocenters. The Morgan fingerprint density at radius 1 is 1.02 bits per heavy atom. The molecule has 2 heterocycles. The van der Waals surface area contributed by atoms with Crippen LogP contribution in [0.25, 0.3) is 0 Å². The van der Waals surface area contributed by atoms with Crippen molar-refractivity contribution in [2.45, 2.75) is 79.8 Å². The number of esters is 2. The molecule has 2 aliphatic heterocycles. The van der Waals surface area contributed by atoms with E-state index in [4.69, 9.17) is 35.3 Å². The SMILES string of the molecule is C=C(C)[C@@]12OC3(c4ccccc4)O[C@@H]1[C@@H]1[C@@H](Cl)[C@@](O)(COC(=O)c4ccccc4)[C@@H](O)[C@]4(O)C(=O)C(C)=C[C@H]4[C@@]1(O3)[C@H](C)[C@H]2OC(C)=O. The number of aliphatic hydroxyl groups excluding tert-OH is 1. The summed E-state index contributed by atoms with van der Waals surface area (Å²) in [5.74, 6) is -7.85. The number of carbonyl (C=O) groups excluding carboxylic acids is 3. The van der Waals surface area contributed by atoms with E-state index in [1.165, 1.54) is 32.1 Å². The van der Waals surface area contributed by atoms with E-state index in [9.17, 15) is 29.7 Å². The number of carbonyl (C=O) groups is 3. The second-order valence-electron chi connectivity index (χ2n) is 13.7. The van der Waals surface area contributed by atoms with Gasteiger partial charge in [0.1, 0.15) is 30.5 Å². The van der Waals surface area contributed by atoms with Gasteiger partial charge in [-0.2, -0.15) is 0 Å². The molecule has 12 heteroatoms. The molecule has 5 aliphatic rings. The number of aliphatic hydroxyl groups is 3. The Hall–Kier alpha value is -3.42. The van der Waals surface area contributed by atoms with Gasteiger partial charge in [-0.25, -0.2) is 4.79 Å². The van der Waals surface area contributed by atoms with Gasteiger partial charge in [0.05, 0.1) is 16.5 Å². The predicted octanol–water partition coefficient (Wildman–Crippen LogP) is 2.94. The van der Waals surface area contributed by atoms with Crippen molar-refractivity contribution >= 4 is 29.3 Å². The molecule has 3 N–H and O–H groups in total. The second-order valence-corrected chi connectivity index (χ2v) is 14.1. The summed E-state index contributed by atoms with van der Waals surface area (Å²) in [6.45, 7) is 9.43. The van der Waals surface area contributed by atoms with Crippen molar-refractivity contribution in [3.63, 3.8) is 0 Å². The Kier molecular flexibility index (Phi) is 7.44. The number of rotatable bonds is 6. The van der Waals surface area contributed by atoms with E-state index in [1.807, 2.05) is 0 Å². The lowest BCUT2D eigenvalue weighted by Crippen LogP contribution is -2.76. The summed E-state index contributed by atoms with van der Waals surface area (Å²) >= 11 is 7.34. The Balaban J connectivity index is 1.48. The number of hydrogen-bond donors (Lipinski definition) is 3. The highest BCUT2D eigenvalue weighted by atomic mass is 35.5. The first-order chi connectivity index (χ1) is 22.6. The van der Waals surface area contributed by atoms with E-state index >= 15 is 0 Å². The third kappa shape index (κ3) is 4.00. The molecule has 0 amide bonds. The van der Waals surface area contributed by atoms with Crippen LogP contribution in [0.5, 0.6) is 0 Å². The maximum Gasteiger partial charge on any atom is 0.338 e. The van der Waals surface area contributed by atoms with Gasteiger partial charge in [-0.3, -0.25) is 9.59 Å². The molecular formula is C36H37ClO11. The van der Waals surface area contributed by atoms with Crippen molar-refractivity contribution in [1.29, 1.82) is 0 Å². The van der Waals surface area contributed by atoms with Gasteiger partial charge in [-0.15, -0.1) is 11.6 Å². The summed E-state index contributed by atoms with van der Waals surface area (Å²) in [5.41, 5.74) is -7.77. The van der Waals surface area contributed by atoms with Crippen LogP contribution in [0.15, 0.2) is 84.5 Å². The van der Waals surface area contributed by atoms with Crippen molar-refractivity contribution in [3.05, 3.63) is 95.6 Å². The molecular weight excluding hydrogens is 644 g/mol. The summed E-state index contributed by atoms with van der Waals surface area (Å²) in [4.78, 5) is 39.9. The molecule has 3 bridgehead atoms. The smallest absolute Gasteiger partial charge is 0.338 e. The van der Waals surface area contributed by atoms with E-state index in [1.54, 1.807) is 62.4 Å². The summed E-state index contributed by atoms with van der Waals surface area (Å²) in [5, 5.41) is 35.6. The monoisotopic (exact) mass is 680 g/mol. The molecule has 2 saturated carbocycles. The fourth-order valence-corrected chi connectivity index (χ4v) is 9.44. The third-order valence-corrected chi connectivity index (χ3v) is 11.7. The molecule has 0 spiro atoms. The highest BCUT2D eigenvalue weighted by Crippen LogP contribution is 2.72. The van der Waals surface area contributed by atoms with Crippen LogP contribution in [0, 0.1) is 17.8 Å². The number of Topliss-reactive ketones (excluding diaryl/α,β-unsaturated/α-hetero) is 1. The van der Waals surface area contributed by atoms with E-state index in [0.717, 1.165) is 0 Å². The maximum absolute atomic E-state index is 14.0. The van der Waals surface area contributed by atoms with Gasteiger partial charge in [-0.05, 0) is 37.1 Å². The molecule has 2 aromatic rings. The van der Waals surface area contributed by atoms with Gasteiger partial charge in [0.25, 0.3) is 0 Å². The predicted molar refractivity (Wildman–Crippen MR) is 168 cm³/mol. The van der Waals surface area contributed by atoms with Gasteiger partial charge in [0.2, 0.25) is 0 Å². The van der Waals surface area contributed by atoms with Crippen LogP contribution in [0.3, 0.4) is 0 Å². The molecule has 48 heavy (non-hydrogen) atoms. The Morgan fingerprint density at radius 2 is 1.65 bits per heavy atom. The lowest BCUT2D eigenvalue weighted by atomic mass is 9.53. The zero-order chi connectivity index (χ0) is 34.6. The fourth-order valence-electron chi connectivity index (χ4n) is 8.93. The summed E-state index contributed by atoms with van der Waals surface area (Å²) in [6, 6.07) is 16.7. The Morgan fingerprint density at radius 3 is 2.25 bits per heavy atom. The average molecular weight is 681 g/mol. The summed E-state index contributed by atoms with van der Waals surface area (Å²) in [6.07, 6.45) is -3.15. The molecule has 0 aromatic heterocycles. The number of ketones is 1. The molecule has 2 saturated heterocycles. The normalized spacial score (nSPS) is 43.9. The van der Waals surface area contributed by atoms with Gasteiger partial charge < -0.3 is 39.0 Å². The van der Waals surface area contributed by atoms with Crippen molar-refractivity contribution < 1.29 is 53.4 Å². The van der Waals surface area contributed by atoms with Gasteiger partial charge in [0.15, 0.2) is 17.0 Å². The molecule has 7 rings (SSSR count). The minimum Gasteiger partial charge on any atom is -0.459 e. The van der Waals surface area contributed by atoms with Crippen LogP contribution in [0.1, 0.15) is 43.6 Å². The quantitative estimate of drug-likeness (QED) is 0.234. The van der Waals surface area contributed by atoms with Crippen LogP contribution < -0.4 is 0 Å². The molecule has 4 fully saturated rings. The molecule has 11 nitrogen and oxygen atoms in total. The Bertz CT molecular complexity index is 1730. The molecule has 0 radical (unpaired) electrons. The molecule has 254 valence electrons. The van der Waals surface area contributed by atoms with Gasteiger partial charge in [0, 0.05) is 30.2 Å². The third-order valence-electron chi connectivity index (χ3n) is 11.1. The first-order valence-electron chi connectivity index (χ1n) is 15.8. The maximum atomic E-state index is 14.0. The number of halogens is 1. The van der Waals surface area contributed by atoms with Crippen molar-refractivity contribution in [2.75, 3.05) is 6.61 Å². The zero-order valence-electron chi connectivity index (χ0n) is 26.8. The van der Waals surface area contributed by atoms with Crippen molar-refractivity contribution in [3.8, 4) is 0 Å². The number of hydrogen-bond acceptors (Lipinski definition) is 11. The highest BCUT2D eigenvalue weighted by molar-refractivity contribution is 6.22. The average Bonchev–Trinajstić information content (AvgIpc) is 3.46. The van der Waals surface area contributed by atoms with E-state index in [-0.39, 0.29) is 11.1 Å². The zero-order valence-corrected chi connectivity index (χ0v) is 27.5. The number of benzene rings is 2. The number of ether oxygens (including phenoxy) is 5. The first-order valence-corrected chi connectivity index (χ1v) is 16.2. The van der Waals surface area contributed by atoms with Crippen molar-refractivity contribution in [1.82, 2.24) is 0 Å². The minimum atomic E-state index is -2.74. The standard InChI is InChI=1S/C36H37ClO11/c1-18(2)34-28(45-21(5)38)20(4)35-24-16-19(3)27(39)33(24,43)31(41)32(42,17-44-30(40)22-12-8-6-9-13-22)26(37)25(35)29(34)46-36(47-34,48-35)23-14-10-7-11-15-23/h6-16,20,24-26,28-29,31,41-43H,1,17H2,2-5H3/t20-,24-,25+,26-,28-,29-,31-,32+,33-,34+,35+,36?/m1/s1. The molecule has 3 aliphatic carbocycles. The van der Waals surface area contributed by atoms with Gasteiger partial charge >= 0.3 is 17.9 Å². The van der Waals surface area contributed by atoms with Crippen LogP contribution in [-0.2, 0) is 39.2 Å². The van der Waals surface area contributed by atoms with Crippen LogP contribution in [0.2, 0.25) is 0 Å². The lowest BCUT2D eigenvalue weighted by molar-refractivity contribution is -0.438. The van der Waals surface area contributed by atoms with Crippen LogP contribution >= 0.6 is 11.6 Å². The van der Waals surface area contributed by atoms with E-state index < -0.39 is 94.1 Å². The van der Waals surface area contributed by atoms with Crippen molar-refractivity contribution in [2.24, 2.45) is 17.8 Å². The summed E-state index contributed by atoms with van der Waals surface area (Å²) in [7, 11) is 0. The topological polar surface area (TPSA) is 158 Å². The number of alkyl halides is 1. The Labute approximate surface area is 282 Å². The largest absolute Gasteiger partial charge is 0.459 e. The molecule has 2 aromatic carbocycles. The van der Waals surface area contributed by atoms with Gasteiger partial charge in [-0.1, -0.05) is 68.1 Å². The first kappa shape index (κ1) is 33.1. The van der Waals surface area contributed by atoms with E-state index in [2.05, 4.69) is 6.58 Å². The minimum absolute atomic E-state index is 0.0939. The lowest BCUT2D eigenvalue weighted by Gasteiger charge is -2.62. The fraction of sp³-hybridized carbons (Fsp3) is 0.472. The number of fused-ring (bicyclic) bond motifs is 2. The second kappa shape index (κ2) is 10.8. The van der Waals surface area contributed by atoms with Crippen LogP contribution in [-0.4, -0.2) is 85.7 Å². The highest BCUT2D eigenvalue weighted by Gasteiger charge is 2.87. The summed E-state index contributed by atoms with van der Waals surface area (Å²) < 4.78 is 32.2. The van der Waals surface area contributed by atoms with E-state index in [0.29, 0.717) is 11.1 Å². The molecule has 12 atom stereocenters.